The number of anilines is 1. The number of carbonyl (C=O) groups excluding carboxylic acids is 1. The van der Waals surface area contributed by atoms with Crippen LogP contribution in [0.5, 0.6) is 0 Å². The van der Waals surface area contributed by atoms with Crippen LogP contribution in [0.3, 0.4) is 0 Å². The van der Waals surface area contributed by atoms with Gasteiger partial charge < -0.3 is 33.3 Å². The lowest BCUT2D eigenvalue weighted by molar-refractivity contribution is -0.0740. The van der Waals surface area contributed by atoms with Crippen LogP contribution in [-0.4, -0.2) is 32.9 Å². The maximum Gasteiger partial charge on any atom is 0.519 e. The predicted octanol–water partition coefficient (Wildman–Crippen LogP) is 2.56. The van der Waals surface area contributed by atoms with E-state index < -0.39 is 23.8 Å². The van der Waals surface area contributed by atoms with E-state index in [0.29, 0.717) is 23.9 Å². The fraction of sp³-hybridized carbons (Fsp3) is 0.368. The topological polar surface area (TPSA) is 145 Å². The third-order valence-corrected chi connectivity index (χ3v) is 5.05. The summed E-state index contributed by atoms with van der Waals surface area (Å²) in [6.45, 7) is 0.954. The maximum absolute atomic E-state index is 11.9. The first kappa shape index (κ1) is 20.8. The van der Waals surface area contributed by atoms with Gasteiger partial charge in [-0.1, -0.05) is 5.92 Å². The van der Waals surface area contributed by atoms with E-state index >= 15 is 0 Å². The van der Waals surface area contributed by atoms with Gasteiger partial charge in [0.1, 0.15) is 24.3 Å². The molecule has 11 nitrogen and oxygen atoms in total. The number of nitrogens with two attached hydrogens (primary N) is 1. The molecule has 3 aromatic heterocycles. The fourth-order valence-corrected chi connectivity index (χ4v) is 3.47. The van der Waals surface area contributed by atoms with Crippen LogP contribution in [0.15, 0.2) is 25.9 Å². The van der Waals surface area contributed by atoms with Crippen molar-refractivity contribution in [2.24, 2.45) is 0 Å². The molecule has 0 aromatic carbocycles. The second kappa shape index (κ2) is 7.98. The molecule has 0 saturated carbocycles. The summed E-state index contributed by atoms with van der Waals surface area (Å²) in [5, 5.41) is 0.646. The lowest BCUT2D eigenvalue weighted by Gasteiger charge is -2.23. The summed E-state index contributed by atoms with van der Waals surface area (Å²) in [6.07, 6.45) is 6.91. The van der Waals surface area contributed by atoms with Gasteiger partial charge in [-0.15, -0.1) is 6.42 Å². The molecular weight excluding hydrogens is 432 g/mol. The lowest BCUT2D eigenvalue weighted by atomic mass is 10.0. The number of aryl methyl sites for hydroxylation is 1. The highest BCUT2D eigenvalue weighted by Crippen LogP contribution is 2.38. The van der Waals surface area contributed by atoms with Crippen LogP contribution in [0.2, 0.25) is 5.28 Å². The number of hydrogen-bond acceptors (Lipinski definition) is 10. The van der Waals surface area contributed by atoms with Crippen molar-refractivity contribution in [3.8, 4) is 12.3 Å². The van der Waals surface area contributed by atoms with Crippen molar-refractivity contribution in [3.63, 3.8) is 0 Å². The van der Waals surface area contributed by atoms with Crippen molar-refractivity contribution in [2.75, 3.05) is 12.3 Å². The first-order valence-electron chi connectivity index (χ1n) is 9.14. The lowest BCUT2D eigenvalue weighted by Crippen LogP contribution is -2.34. The Morgan fingerprint density at radius 1 is 1.45 bits per heavy atom. The molecule has 12 heteroatoms. The van der Waals surface area contributed by atoms with Crippen LogP contribution in [0.25, 0.3) is 11.0 Å². The van der Waals surface area contributed by atoms with E-state index in [2.05, 4.69) is 20.3 Å². The molecule has 31 heavy (non-hydrogen) atoms. The third-order valence-electron chi connectivity index (χ3n) is 4.88. The van der Waals surface area contributed by atoms with E-state index in [1.165, 1.54) is 6.92 Å². The first-order valence-corrected chi connectivity index (χ1v) is 9.52. The van der Waals surface area contributed by atoms with Gasteiger partial charge in [0.2, 0.25) is 5.28 Å². The minimum Gasteiger partial charge on any atom is -0.430 e. The van der Waals surface area contributed by atoms with Gasteiger partial charge in [-0.05, 0) is 37.4 Å². The van der Waals surface area contributed by atoms with Gasteiger partial charge in [-0.2, -0.15) is 4.98 Å². The Bertz CT molecular complexity index is 1240. The van der Waals surface area contributed by atoms with E-state index in [4.69, 9.17) is 42.4 Å². The zero-order valence-corrected chi connectivity index (χ0v) is 17.0. The van der Waals surface area contributed by atoms with Crippen LogP contribution in [0.4, 0.5) is 10.6 Å². The highest BCUT2D eigenvalue weighted by atomic mass is 35.5. The smallest absolute Gasteiger partial charge is 0.430 e. The van der Waals surface area contributed by atoms with Gasteiger partial charge in [0.05, 0.1) is 5.39 Å². The minimum atomic E-state index is -1.15. The Balaban J connectivity index is 1.40. The SMILES string of the molecule is C#CC1(COC(=O)OCc2oc(=O)oc2C)CC[C@H](n2ccc3c(N)nc(Cl)nc32)O1. The predicted molar refractivity (Wildman–Crippen MR) is 106 cm³/mol. The van der Waals surface area contributed by atoms with Crippen LogP contribution < -0.4 is 11.6 Å². The van der Waals surface area contributed by atoms with E-state index in [9.17, 15) is 9.59 Å². The molecule has 0 aliphatic carbocycles. The monoisotopic (exact) mass is 448 g/mol. The van der Waals surface area contributed by atoms with Crippen molar-refractivity contribution >= 4 is 34.6 Å². The number of rotatable bonds is 5. The molecule has 2 atom stereocenters. The van der Waals surface area contributed by atoms with Gasteiger partial charge in [0.25, 0.3) is 0 Å². The molecule has 1 aliphatic rings. The van der Waals surface area contributed by atoms with Crippen molar-refractivity contribution in [1.29, 1.82) is 0 Å². The zero-order valence-electron chi connectivity index (χ0n) is 16.3. The van der Waals surface area contributed by atoms with Crippen LogP contribution in [0, 0.1) is 19.3 Å². The molecule has 4 rings (SSSR count). The number of ether oxygens (including phenoxy) is 3. The number of fused-ring (bicyclic) bond motifs is 1. The summed E-state index contributed by atoms with van der Waals surface area (Å²) in [6, 6.07) is 1.75. The Hall–Kier alpha value is -3.49. The number of carbonyl (C=O) groups is 1. The third kappa shape index (κ3) is 4.08. The number of hydrogen-bond donors (Lipinski definition) is 1. The van der Waals surface area contributed by atoms with Crippen molar-refractivity contribution < 1.29 is 27.8 Å². The quantitative estimate of drug-likeness (QED) is 0.351. The van der Waals surface area contributed by atoms with E-state index in [-0.39, 0.29) is 35.8 Å². The van der Waals surface area contributed by atoms with Gasteiger partial charge >= 0.3 is 12.0 Å². The number of nitrogens with zero attached hydrogens (tertiary/aromatic N) is 3. The first-order chi connectivity index (χ1) is 14.8. The van der Waals surface area contributed by atoms with Gasteiger partial charge in [0.15, 0.2) is 23.7 Å². The highest BCUT2D eigenvalue weighted by molar-refractivity contribution is 6.28. The van der Waals surface area contributed by atoms with Crippen molar-refractivity contribution in [1.82, 2.24) is 14.5 Å². The molecule has 0 spiro atoms. The summed E-state index contributed by atoms with van der Waals surface area (Å²) < 4.78 is 27.3. The van der Waals surface area contributed by atoms with E-state index in [0.717, 1.165) is 0 Å². The van der Waals surface area contributed by atoms with Crippen LogP contribution in [0.1, 0.15) is 30.6 Å². The number of halogens is 1. The molecule has 0 bridgehead atoms. The Labute approximate surface area is 180 Å². The molecule has 4 heterocycles. The molecular formula is C19H17ClN4O7. The summed E-state index contributed by atoms with van der Waals surface area (Å²) in [4.78, 5) is 31.1. The summed E-state index contributed by atoms with van der Waals surface area (Å²) in [7, 11) is 0. The Morgan fingerprint density at radius 3 is 2.97 bits per heavy atom. The van der Waals surface area contributed by atoms with Crippen LogP contribution >= 0.6 is 11.6 Å². The van der Waals surface area contributed by atoms with Gasteiger partial charge in [-0.25, -0.2) is 14.6 Å². The van der Waals surface area contributed by atoms with Crippen molar-refractivity contribution in [2.45, 2.75) is 38.2 Å². The Morgan fingerprint density at radius 2 is 2.26 bits per heavy atom. The average Bonchev–Trinajstić information content (AvgIpc) is 3.42. The second-order valence-electron chi connectivity index (χ2n) is 6.85. The molecule has 162 valence electrons. The molecule has 0 amide bonds. The number of nitrogen functional groups attached to an aromatic ring is 1. The maximum atomic E-state index is 11.9. The Kier molecular flexibility index (Phi) is 5.34. The van der Waals surface area contributed by atoms with Gasteiger partial charge in [0, 0.05) is 6.20 Å². The average molecular weight is 449 g/mol. The number of terminal acetylenes is 1. The minimum absolute atomic E-state index is 0.0148. The standard InChI is InChI=1S/C19H17ClN4O7/c1-3-19(9-28-17(25)27-8-12-10(2)29-18(26)30-12)6-4-13(31-19)24-7-5-11-14(21)22-16(20)23-15(11)24/h1,5,7,13H,4,6,8-9H2,2H3,(H2,21,22,23)/t13-,19?/m1/s1. The molecule has 1 aliphatic heterocycles. The second-order valence-corrected chi connectivity index (χ2v) is 7.19. The van der Waals surface area contributed by atoms with Gasteiger partial charge in [-0.3, -0.25) is 0 Å². The highest BCUT2D eigenvalue weighted by Gasteiger charge is 2.41. The molecule has 1 unspecified atom stereocenters. The molecule has 1 fully saturated rings. The van der Waals surface area contributed by atoms with Crippen LogP contribution in [-0.2, 0) is 20.8 Å². The molecule has 1 saturated heterocycles. The molecule has 2 N–H and O–H groups in total. The molecule has 3 aromatic rings. The van der Waals surface area contributed by atoms with E-state index in [1.54, 1.807) is 16.8 Å². The summed E-state index contributed by atoms with van der Waals surface area (Å²) in [5.41, 5.74) is 5.24. The van der Waals surface area contributed by atoms with E-state index in [1.807, 2.05) is 0 Å². The largest absolute Gasteiger partial charge is 0.519 e. The normalized spacial score (nSPS) is 20.6. The summed E-state index contributed by atoms with van der Waals surface area (Å²) >= 11 is 5.92. The zero-order chi connectivity index (χ0) is 22.2. The molecule has 0 radical (unpaired) electrons. The number of aromatic nitrogens is 3. The summed E-state index contributed by atoms with van der Waals surface area (Å²) in [5.74, 6) is 2.23. The van der Waals surface area contributed by atoms with Crippen molar-refractivity contribution in [3.05, 3.63) is 39.7 Å². The fourth-order valence-electron chi connectivity index (χ4n) is 3.29.